The molecule has 0 spiro atoms. The van der Waals surface area contributed by atoms with Gasteiger partial charge in [0.25, 0.3) is 0 Å². The topological polar surface area (TPSA) is 71.0 Å². The first-order valence-corrected chi connectivity index (χ1v) is 11.5. The van der Waals surface area contributed by atoms with E-state index < -0.39 is 12.0 Å². The molecule has 1 aliphatic carbocycles. The first-order valence-electron chi connectivity index (χ1n) is 10.2. The van der Waals surface area contributed by atoms with Crippen molar-refractivity contribution in [2.45, 2.75) is 32.2 Å². The van der Waals surface area contributed by atoms with Gasteiger partial charge in [0.2, 0.25) is 5.91 Å². The molecule has 1 atom stereocenters. The number of benzene rings is 1. The fraction of sp³-hybridized carbons (Fsp3) is 0.348. The minimum absolute atomic E-state index is 0.0417. The van der Waals surface area contributed by atoms with Crippen LogP contribution in [0.2, 0.25) is 5.02 Å². The zero-order valence-electron chi connectivity index (χ0n) is 17.3. The minimum Gasteiger partial charge on any atom is -0.458 e. The number of amidine groups is 1. The highest BCUT2D eigenvalue weighted by atomic mass is 35.5. The number of amides is 1. The van der Waals surface area contributed by atoms with Gasteiger partial charge in [0.15, 0.2) is 5.17 Å². The van der Waals surface area contributed by atoms with Crippen LogP contribution in [-0.4, -0.2) is 35.1 Å². The van der Waals surface area contributed by atoms with E-state index >= 15 is 0 Å². The molecule has 1 aromatic carbocycles. The largest absolute Gasteiger partial charge is 0.458 e. The standard InChI is InChI=1S/C23H24ClN3O3S/c1-3-10-30-22(29)20-14(2)26-23-27(21(20)17-6-4-5-7-18(17)24)16(13-31-23)11-19(28)25-12-15-8-9-15/h3-7,13,15,21H,1,8-12H2,2H3,(H,25,28)/t21-/m0/s1. The third-order valence-corrected chi connectivity index (χ3v) is 6.61. The van der Waals surface area contributed by atoms with Crippen LogP contribution in [-0.2, 0) is 14.3 Å². The van der Waals surface area contributed by atoms with Gasteiger partial charge in [0.05, 0.1) is 23.7 Å². The molecule has 1 amide bonds. The molecular formula is C23H24ClN3O3S. The highest BCUT2D eigenvalue weighted by molar-refractivity contribution is 8.16. The number of thioether (sulfide) groups is 1. The van der Waals surface area contributed by atoms with Crippen molar-refractivity contribution >= 4 is 40.4 Å². The lowest BCUT2D eigenvalue weighted by Gasteiger charge is -2.36. The van der Waals surface area contributed by atoms with Crippen LogP contribution in [0, 0.1) is 5.92 Å². The van der Waals surface area contributed by atoms with Crippen molar-refractivity contribution in [3.8, 4) is 0 Å². The van der Waals surface area contributed by atoms with Gasteiger partial charge in [-0.1, -0.05) is 54.2 Å². The Hall–Kier alpha value is -2.51. The average molecular weight is 458 g/mol. The first-order chi connectivity index (χ1) is 15.0. The third-order valence-electron chi connectivity index (χ3n) is 5.38. The summed E-state index contributed by atoms with van der Waals surface area (Å²) >= 11 is 7.99. The van der Waals surface area contributed by atoms with E-state index in [1.165, 1.54) is 30.7 Å². The van der Waals surface area contributed by atoms with E-state index in [0.717, 1.165) is 11.3 Å². The first kappa shape index (κ1) is 21.7. The zero-order valence-corrected chi connectivity index (χ0v) is 18.8. The summed E-state index contributed by atoms with van der Waals surface area (Å²) in [5.41, 5.74) is 2.52. The molecule has 0 unspecified atom stereocenters. The number of rotatable bonds is 8. The van der Waals surface area contributed by atoms with E-state index in [2.05, 4.69) is 16.9 Å². The highest BCUT2D eigenvalue weighted by Gasteiger charge is 2.41. The number of nitrogens with one attached hydrogen (secondary N) is 1. The number of halogens is 1. The number of carbonyl (C=O) groups is 2. The molecule has 6 nitrogen and oxygen atoms in total. The van der Waals surface area contributed by atoms with Gasteiger partial charge in [-0.3, -0.25) is 4.79 Å². The lowest BCUT2D eigenvalue weighted by Crippen LogP contribution is -2.38. The van der Waals surface area contributed by atoms with Crippen LogP contribution >= 0.6 is 23.4 Å². The summed E-state index contributed by atoms with van der Waals surface area (Å²) in [5.74, 6) is 0.0928. The van der Waals surface area contributed by atoms with Gasteiger partial charge in [-0.15, -0.1) is 0 Å². The van der Waals surface area contributed by atoms with E-state index in [-0.39, 0.29) is 18.9 Å². The zero-order chi connectivity index (χ0) is 22.0. The maximum Gasteiger partial charge on any atom is 0.338 e. The van der Waals surface area contributed by atoms with Gasteiger partial charge < -0.3 is 15.0 Å². The molecule has 8 heteroatoms. The number of nitrogens with zero attached hydrogens (tertiary/aromatic N) is 2. The van der Waals surface area contributed by atoms with Gasteiger partial charge in [-0.05, 0) is 42.7 Å². The molecule has 2 heterocycles. The molecule has 0 saturated heterocycles. The summed E-state index contributed by atoms with van der Waals surface area (Å²) in [6.07, 6.45) is 4.08. The molecule has 0 radical (unpaired) electrons. The molecule has 0 bridgehead atoms. The third kappa shape index (κ3) is 4.72. The quantitative estimate of drug-likeness (QED) is 0.457. The summed E-state index contributed by atoms with van der Waals surface area (Å²) in [5, 5.41) is 6.18. The van der Waals surface area contributed by atoms with Crippen LogP contribution in [0.15, 0.2) is 64.3 Å². The average Bonchev–Trinajstić information content (AvgIpc) is 3.51. The maximum atomic E-state index is 13.0. The Balaban J connectivity index is 1.67. The molecule has 2 aliphatic heterocycles. The number of fused-ring (bicyclic) bond motifs is 1. The number of hydrogen-bond donors (Lipinski definition) is 1. The van der Waals surface area contributed by atoms with Gasteiger partial charge in [0.1, 0.15) is 6.61 Å². The molecule has 1 aromatic rings. The lowest BCUT2D eigenvalue weighted by molar-refractivity contribution is -0.138. The van der Waals surface area contributed by atoms with Crippen molar-refractivity contribution in [3.63, 3.8) is 0 Å². The van der Waals surface area contributed by atoms with Crippen LogP contribution in [0.3, 0.4) is 0 Å². The van der Waals surface area contributed by atoms with Gasteiger partial charge in [-0.25, -0.2) is 9.79 Å². The van der Waals surface area contributed by atoms with E-state index in [9.17, 15) is 9.59 Å². The second-order valence-corrected chi connectivity index (χ2v) is 8.97. The second kappa shape index (κ2) is 9.32. The van der Waals surface area contributed by atoms with Crippen LogP contribution < -0.4 is 5.32 Å². The molecular weight excluding hydrogens is 434 g/mol. The Morgan fingerprint density at radius 2 is 2.16 bits per heavy atom. The predicted octanol–water partition coefficient (Wildman–Crippen LogP) is 4.56. The van der Waals surface area contributed by atoms with E-state index in [1.807, 2.05) is 28.5 Å². The summed E-state index contributed by atoms with van der Waals surface area (Å²) in [4.78, 5) is 32.1. The molecule has 162 valence electrons. The van der Waals surface area contributed by atoms with Crippen LogP contribution in [0.5, 0.6) is 0 Å². The minimum atomic E-state index is -0.531. The van der Waals surface area contributed by atoms with Crippen LogP contribution in [0.25, 0.3) is 0 Å². The molecule has 31 heavy (non-hydrogen) atoms. The van der Waals surface area contributed by atoms with E-state index in [0.29, 0.717) is 33.9 Å². The fourth-order valence-corrected chi connectivity index (χ4v) is 4.84. The smallest absolute Gasteiger partial charge is 0.338 e. The number of esters is 1. The summed E-state index contributed by atoms with van der Waals surface area (Å²) in [7, 11) is 0. The molecule has 3 aliphatic rings. The Kier molecular flexibility index (Phi) is 6.53. The van der Waals surface area contributed by atoms with Crippen molar-refractivity contribution in [1.29, 1.82) is 0 Å². The number of hydrogen-bond acceptors (Lipinski definition) is 6. The second-order valence-electron chi connectivity index (χ2n) is 7.73. The summed E-state index contributed by atoms with van der Waals surface area (Å²) in [6.45, 7) is 6.22. The monoisotopic (exact) mass is 457 g/mol. The van der Waals surface area contributed by atoms with Crippen molar-refractivity contribution < 1.29 is 14.3 Å². The molecule has 0 aromatic heterocycles. The van der Waals surface area contributed by atoms with Gasteiger partial charge in [-0.2, -0.15) is 0 Å². The Bertz CT molecular complexity index is 1010. The van der Waals surface area contributed by atoms with Gasteiger partial charge in [0, 0.05) is 17.3 Å². The van der Waals surface area contributed by atoms with Gasteiger partial charge >= 0.3 is 5.97 Å². The predicted molar refractivity (Wildman–Crippen MR) is 123 cm³/mol. The van der Waals surface area contributed by atoms with Crippen molar-refractivity contribution in [2.24, 2.45) is 10.9 Å². The van der Waals surface area contributed by atoms with Crippen molar-refractivity contribution in [2.75, 3.05) is 13.2 Å². The van der Waals surface area contributed by atoms with E-state index in [4.69, 9.17) is 16.3 Å². The Morgan fingerprint density at radius 3 is 2.87 bits per heavy atom. The highest BCUT2D eigenvalue weighted by Crippen LogP contribution is 2.46. The van der Waals surface area contributed by atoms with Crippen LogP contribution in [0.1, 0.15) is 37.8 Å². The summed E-state index contributed by atoms with van der Waals surface area (Å²) < 4.78 is 5.37. The number of ether oxygens (including phenoxy) is 1. The fourth-order valence-electron chi connectivity index (χ4n) is 3.64. The van der Waals surface area contributed by atoms with Crippen molar-refractivity contribution in [3.05, 3.63) is 69.9 Å². The molecule has 1 saturated carbocycles. The maximum absolute atomic E-state index is 13.0. The van der Waals surface area contributed by atoms with Crippen LogP contribution in [0.4, 0.5) is 0 Å². The molecule has 1 N–H and O–H groups in total. The summed E-state index contributed by atoms with van der Waals surface area (Å²) in [6, 6.07) is 6.87. The number of aliphatic imine (C=N–C) groups is 1. The lowest BCUT2D eigenvalue weighted by atomic mass is 9.93. The molecule has 4 rings (SSSR count). The Labute approximate surface area is 191 Å². The normalized spacial score (nSPS) is 20.1. The molecule has 1 fully saturated rings. The Morgan fingerprint density at radius 1 is 1.39 bits per heavy atom. The van der Waals surface area contributed by atoms with E-state index in [1.54, 1.807) is 13.0 Å². The van der Waals surface area contributed by atoms with Crippen molar-refractivity contribution in [1.82, 2.24) is 10.2 Å². The number of allylic oxidation sites excluding steroid dienone is 1. The SMILES string of the molecule is C=CCOC(=O)C1=C(C)N=C2SC=C(CC(=O)NCC3CC3)N2[C@H]1c1ccccc1Cl. The number of carbonyl (C=O) groups excluding carboxylic acids is 2.